The van der Waals surface area contributed by atoms with E-state index in [1.165, 1.54) is 0 Å². The van der Waals surface area contributed by atoms with Crippen molar-refractivity contribution in [3.8, 4) is 0 Å². The fourth-order valence-corrected chi connectivity index (χ4v) is 2.77. The minimum atomic E-state index is -0.775. The number of amides is 2. The lowest BCUT2D eigenvalue weighted by Gasteiger charge is -2.35. The van der Waals surface area contributed by atoms with Gasteiger partial charge in [0, 0.05) is 44.4 Å². The Hall–Kier alpha value is -2.22. The molecule has 1 aromatic rings. The van der Waals surface area contributed by atoms with Crippen LogP contribution < -0.4 is 5.32 Å². The lowest BCUT2D eigenvalue weighted by Crippen LogP contribution is -2.50. The predicted molar refractivity (Wildman–Crippen MR) is 97.6 cm³/mol. The smallest absolute Gasteiger partial charge is 0.410 e. The van der Waals surface area contributed by atoms with E-state index in [0.29, 0.717) is 26.1 Å². The topological polar surface area (TPSA) is 61.9 Å². The molecule has 0 atom stereocenters. The molecule has 27 heavy (non-hydrogen) atoms. The molecule has 0 saturated carbocycles. The van der Waals surface area contributed by atoms with Crippen molar-refractivity contribution in [2.24, 2.45) is 0 Å². The molecule has 1 fully saturated rings. The van der Waals surface area contributed by atoms with Crippen molar-refractivity contribution in [2.45, 2.75) is 32.8 Å². The van der Waals surface area contributed by atoms with Gasteiger partial charge in [-0.3, -0.25) is 9.69 Å². The van der Waals surface area contributed by atoms with Crippen LogP contribution in [0.25, 0.3) is 0 Å². The van der Waals surface area contributed by atoms with E-state index in [2.05, 4.69) is 10.2 Å². The molecular weight excluding hydrogens is 356 g/mol. The third-order valence-corrected chi connectivity index (χ3v) is 4.09. The number of rotatable bonds is 5. The highest BCUT2D eigenvalue weighted by Crippen LogP contribution is 2.12. The number of halogens is 2. The van der Waals surface area contributed by atoms with Crippen LogP contribution in [0.15, 0.2) is 18.2 Å². The van der Waals surface area contributed by atoms with Crippen LogP contribution in [0, 0.1) is 11.6 Å². The van der Waals surface area contributed by atoms with Gasteiger partial charge in [-0.15, -0.1) is 0 Å². The SMILES string of the molecule is CC(C)(C)OC(=O)N1CCN(CCCNC(=O)c2cc(F)cc(F)c2)CC1. The average molecular weight is 383 g/mol. The Morgan fingerprint density at radius 1 is 1.07 bits per heavy atom. The van der Waals surface area contributed by atoms with Gasteiger partial charge in [0.1, 0.15) is 17.2 Å². The van der Waals surface area contributed by atoms with Gasteiger partial charge in [0.05, 0.1) is 0 Å². The summed E-state index contributed by atoms with van der Waals surface area (Å²) in [5, 5.41) is 2.66. The fraction of sp³-hybridized carbons (Fsp3) is 0.579. The number of hydrogen-bond acceptors (Lipinski definition) is 4. The van der Waals surface area contributed by atoms with Crippen molar-refractivity contribution in [1.29, 1.82) is 0 Å². The molecule has 8 heteroatoms. The molecule has 0 aliphatic carbocycles. The van der Waals surface area contributed by atoms with Crippen LogP contribution >= 0.6 is 0 Å². The Morgan fingerprint density at radius 3 is 2.22 bits per heavy atom. The van der Waals surface area contributed by atoms with Gasteiger partial charge >= 0.3 is 6.09 Å². The summed E-state index contributed by atoms with van der Waals surface area (Å²) in [6, 6.07) is 2.75. The highest BCUT2D eigenvalue weighted by molar-refractivity contribution is 5.94. The largest absolute Gasteiger partial charge is 0.444 e. The summed E-state index contributed by atoms with van der Waals surface area (Å²) in [5.41, 5.74) is -0.532. The molecule has 1 aliphatic rings. The minimum absolute atomic E-state index is 0.0292. The Bertz CT molecular complexity index is 648. The first-order valence-corrected chi connectivity index (χ1v) is 9.08. The molecule has 0 aromatic heterocycles. The van der Waals surface area contributed by atoms with E-state index in [-0.39, 0.29) is 11.7 Å². The standard InChI is InChI=1S/C19H27F2N3O3/c1-19(2,3)27-18(26)24-9-7-23(8-10-24)6-4-5-22-17(25)14-11-15(20)13-16(21)12-14/h11-13H,4-10H2,1-3H3,(H,22,25). The molecular formula is C19H27F2N3O3. The molecule has 1 aliphatic heterocycles. The van der Waals surface area contributed by atoms with Crippen LogP contribution in [0.5, 0.6) is 0 Å². The van der Waals surface area contributed by atoms with Gasteiger partial charge in [0.2, 0.25) is 0 Å². The second-order valence-electron chi connectivity index (χ2n) is 7.58. The Morgan fingerprint density at radius 2 is 1.67 bits per heavy atom. The summed E-state index contributed by atoms with van der Waals surface area (Å²) in [7, 11) is 0. The van der Waals surface area contributed by atoms with Crippen LogP contribution in [0.2, 0.25) is 0 Å². The Balaban J connectivity index is 1.66. The lowest BCUT2D eigenvalue weighted by molar-refractivity contribution is 0.0144. The molecule has 0 bridgehead atoms. The molecule has 0 radical (unpaired) electrons. The number of hydrogen-bond donors (Lipinski definition) is 1. The van der Waals surface area contributed by atoms with E-state index in [1.54, 1.807) is 4.90 Å². The van der Waals surface area contributed by atoms with Crippen molar-refractivity contribution >= 4 is 12.0 Å². The molecule has 0 spiro atoms. The summed E-state index contributed by atoms with van der Waals surface area (Å²) in [5.74, 6) is -2.05. The van der Waals surface area contributed by atoms with Crippen LogP contribution in [0.4, 0.5) is 13.6 Å². The molecule has 1 aromatic carbocycles. The lowest BCUT2D eigenvalue weighted by atomic mass is 10.2. The van der Waals surface area contributed by atoms with Gasteiger partial charge in [-0.1, -0.05) is 0 Å². The maximum atomic E-state index is 13.1. The van der Waals surface area contributed by atoms with Crippen molar-refractivity contribution < 1.29 is 23.1 Å². The third-order valence-electron chi connectivity index (χ3n) is 4.09. The predicted octanol–water partition coefficient (Wildman–Crippen LogP) is 2.64. The van der Waals surface area contributed by atoms with Crippen molar-refractivity contribution in [2.75, 3.05) is 39.3 Å². The molecule has 1 heterocycles. The number of benzene rings is 1. The summed E-state index contributed by atoms with van der Waals surface area (Å²) >= 11 is 0. The van der Waals surface area contributed by atoms with Crippen molar-refractivity contribution in [1.82, 2.24) is 15.1 Å². The molecule has 0 unspecified atom stereocenters. The normalized spacial score (nSPS) is 15.5. The van der Waals surface area contributed by atoms with Crippen LogP contribution in [-0.2, 0) is 4.74 Å². The highest BCUT2D eigenvalue weighted by atomic mass is 19.1. The molecule has 6 nitrogen and oxygen atoms in total. The van der Waals surface area contributed by atoms with Gasteiger partial charge in [-0.05, 0) is 45.9 Å². The molecule has 2 amide bonds. The first kappa shape index (κ1) is 21.1. The molecule has 2 rings (SSSR count). The summed E-state index contributed by atoms with van der Waals surface area (Å²) in [6.07, 6.45) is 0.410. The summed E-state index contributed by atoms with van der Waals surface area (Å²) < 4.78 is 31.6. The summed E-state index contributed by atoms with van der Waals surface area (Å²) in [6.45, 7) is 9.37. The van der Waals surface area contributed by atoms with Crippen molar-refractivity contribution in [3.05, 3.63) is 35.4 Å². The quantitative estimate of drug-likeness (QED) is 0.794. The van der Waals surface area contributed by atoms with Crippen LogP contribution in [-0.4, -0.2) is 66.7 Å². The zero-order valence-electron chi connectivity index (χ0n) is 16.1. The molecule has 1 N–H and O–H groups in total. The van der Waals surface area contributed by atoms with Gasteiger partial charge in [-0.2, -0.15) is 0 Å². The summed E-state index contributed by atoms with van der Waals surface area (Å²) in [4.78, 5) is 27.8. The second-order valence-corrected chi connectivity index (χ2v) is 7.58. The minimum Gasteiger partial charge on any atom is -0.444 e. The van der Waals surface area contributed by atoms with Crippen molar-refractivity contribution in [3.63, 3.8) is 0 Å². The van der Waals surface area contributed by atoms with Gasteiger partial charge < -0.3 is 15.0 Å². The third kappa shape index (κ3) is 7.13. The first-order chi connectivity index (χ1) is 12.6. The van der Waals surface area contributed by atoms with Gasteiger partial charge in [0.25, 0.3) is 5.91 Å². The molecule has 150 valence electrons. The molecule has 1 saturated heterocycles. The zero-order chi connectivity index (χ0) is 20.0. The Labute approximate surface area is 158 Å². The zero-order valence-corrected chi connectivity index (χ0v) is 16.1. The number of nitrogens with one attached hydrogen (secondary N) is 1. The van der Waals surface area contributed by atoms with E-state index in [1.807, 2.05) is 20.8 Å². The first-order valence-electron chi connectivity index (χ1n) is 9.08. The van der Waals surface area contributed by atoms with Gasteiger partial charge in [0.15, 0.2) is 0 Å². The maximum Gasteiger partial charge on any atom is 0.410 e. The van der Waals surface area contributed by atoms with E-state index in [0.717, 1.165) is 37.8 Å². The van der Waals surface area contributed by atoms with Crippen LogP contribution in [0.1, 0.15) is 37.6 Å². The Kier molecular flexibility index (Phi) is 7.12. The number of piperazine rings is 1. The van der Waals surface area contributed by atoms with Crippen LogP contribution in [0.3, 0.4) is 0 Å². The average Bonchev–Trinajstić information content (AvgIpc) is 2.56. The van der Waals surface area contributed by atoms with Gasteiger partial charge in [-0.25, -0.2) is 13.6 Å². The fourth-order valence-electron chi connectivity index (χ4n) is 2.77. The van der Waals surface area contributed by atoms with E-state index in [4.69, 9.17) is 4.74 Å². The highest BCUT2D eigenvalue weighted by Gasteiger charge is 2.25. The number of carbonyl (C=O) groups excluding carboxylic acids is 2. The second kappa shape index (κ2) is 9.12. The van der Waals surface area contributed by atoms with E-state index < -0.39 is 23.1 Å². The monoisotopic (exact) mass is 383 g/mol. The number of nitrogens with zero attached hydrogens (tertiary/aromatic N) is 2. The number of ether oxygens (including phenoxy) is 1. The van der Waals surface area contributed by atoms with E-state index in [9.17, 15) is 18.4 Å². The van der Waals surface area contributed by atoms with E-state index >= 15 is 0 Å². The maximum absolute atomic E-state index is 13.1. The number of carbonyl (C=O) groups is 2.